The van der Waals surface area contributed by atoms with Crippen molar-refractivity contribution in [3.63, 3.8) is 0 Å². The zero-order chi connectivity index (χ0) is 18.4. The molecular weight excluding hydrogens is 345 g/mol. The molecule has 0 bridgehead atoms. The maximum atomic E-state index is 10.1. The fourth-order valence-electron chi connectivity index (χ4n) is 2.47. The van der Waals surface area contributed by atoms with Crippen molar-refractivity contribution in [2.24, 2.45) is 5.10 Å². The van der Waals surface area contributed by atoms with Crippen molar-refractivity contribution in [1.82, 2.24) is 9.91 Å². The van der Waals surface area contributed by atoms with Gasteiger partial charge in [-0.3, -0.25) is 5.01 Å². The van der Waals surface area contributed by atoms with E-state index in [1.165, 1.54) is 0 Å². The molecule has 1 saturated heterocycles. The first-order valence-electron chi connectivity index (χ1n) is 7.70. The number of hydrogen-bond donors (Lipinski definition) is 4. The Balaban J connectivity index is 0.000000399. The standard InChI is InChI=1S/C16H19N3O.H3O4P/c1-18-8-10-19(11-9-18)17-12-15-14-5-3-2-4-13(14)6-7-16(15)20;1-5(2,3)4/h2-7,12,20H,8-11H2,1H3;(H3,1,2,3,4)/b17-12+;. The van der Waals surface area contributed by atoms with Crippen LogP contribution in [0.4, 0.5) is 0 Å². The van der Waals surface area contributed by atoms with Crippen LogP contribution in [0, 0.1) is 0 Å². The molecule has 1 fully saturated rings. The van der Waals surface area contributed by atoms with Crippen LogP contribution in [0.3, 0.4) is 0 Å². The summed E-state index contributed by atoms with van der Waals surface area (Å²) in [5.74, 6) is 0.279. The fraction of sp³-hybridized carbons (Fsp3) is 0.312. The van der Waals surface area contributed by atoms with Gasteiger partial charge in [-0.25, -0.2) is 4.57 Å². The predicted octanol–water partition coefficient (Wildman–Crippen LogP) is 1.20. The highest BCUT2D eigenvalue weighted by molar-refractivity contribution is 7.45. The second-order valence-corrected chi connectivity index (χ2v) is 6.76. The number of nitrogens with zero attached hydrogens (tertiary/aromatic N) is 3. The molecular formula is C16H22N3O5P. The second kappa shape index (κ2) is 8.42. The van der Waals surface area contributed by atoms with E-state index in [0.717, 1.165) is 42.5 Å². The van der Waals surface area contributed by atoms with Gasteiger partial charge in [-0.2, -0.15) is 5.10 Å². The lowest BCUT2D eigenvalue weighted by atomic mass is 10.0. The molecule has 2 aromatic carbocycles. The molecule has 0 spiro atoms. The maximum absolute atomic E-state index is 10.1. The summed E-state index contributed by atoms with van der Waals surface area (Å²) >= 11 is 0. The molecule has 0 aromatic heterocycles. The Hall–Kier alpha value is -1.96. The van der Waals surface area contributed by atoms with Crippen molar-refractivity contribution in [1.29, 1.82) is 0 Å². The number of hydrogen-bond acceptors (Lipinski definition) is 5. The van der Waals surface area contributed by atoms with Crippen LogP contribution in [0.1, 0.15) is 5.56 Å². The Morgan fingerprint density at radius 2 is 1.64 bits per heavy atom. The third-order valence-corrected chi connectivity index (χ3v) is 3.78. The molecule has 9 heteroatoms. The SMILES string of the molecule is CN1CCN(/N=C/c2c(O)ccc3ccccc23)CC1.O=P(O)(O)O. The number of aromatic hydroxyl groups is 1. The molecule has 0 aliphatic carbocycles. The van der Waals surface area contributed by atoms with Crippen molar-refractivity contribution in [2.75, 3.05) is 33.2 Å². The average Bonchev–Trinajstić information content (AvgIpc) is 2.54. The Morgan fingerprint density at radius 3 is 2.28 bits per heavy atom. The Labute approximate surface area is 145 Å². The highest BCUT2D eigenvalue weighted by Gasteiger charge is 2.11. The Bertz CT molecular complexity index is 776. The highest BCUT2D eigenvalue weighted by Crippen LogP contribution is 2.26. The number of likely N-dealkylation sites (N-methyl/N-ethyl adjacent to an activating group) is 1. The molecule has 0 atom stereocenters. The summed E-state index contributed by atoms with van der Waals surface area (Å²) in [7, 11) is -2.52. The molecule has 1 heterocycles. The van der Waals surface area contributed by atoms with E-state index < -0.39 is 7.82 Å². The van der Waals surface area contributed by atoms with Crippen LogP contribution < -0.4 is 0 Å². The summed E-state index contributed by atoms with van der Waals surface area (Å²) in [6.07, 6.45) is 1.78. The summed E-state index contributed by atoms with van der Waals surface area (Å²) < 4.78 is 8.88. The lowest BCUT2D eigenvalue weighted by molar-refractivity contribution is 0.159. The number of phenolic OH excluding ortho intramolecular Hbond substituents is 1. The molecule has 136 valence electrons. The maximum Gasteiger partial charge on any atom is 0.466 e. The van der Waals surface area contributed by atoms with Gasteiger partial charge in [0.25, 0.3) is 0 Å². The van der Waals surface area contributed by atoms with E-state index in [2.05, 4.69) is 22.1 Å². The van der Waals surface area contributed by atoms with E-state index >= 15 is 0 Å². The van der Waals surface area contributed by atoms with Gasteiger partial charge < -0.3 is 24.7 Å². The van der Waals surface area contributed by atoms with Crippen molar-refractivity contribution in [2.45, 2.75) is 0 Å². The smallest absolute Gasteiger partial charge is 0.466 e. The molecule has 0 amide bonds. The van der Waals surface area contributed by atoms with Gasteiger partial charge in [-0.1, -0.05) is 30.3 Å². The topological polar surface area (TPSA) is 117 Å². The summed E-state index contributed by atoms with van der Waals surface area (Å²) in [6, 6.07) is 11.7. The number of hydrazone groups is 1. The Kier molecular flexibility index (Phi) is 6.52. The van der Waals surface area contributed by atoms with Crippen LogP contribution in [0.2, 0.25) is 0 Å². The van der Waals surface area contributed by atoms with Gasteiger partial charge >= 0.3 is 7.82 Å². The number of phenols is 1. The van der Waals surface area contributed by atoms with E-state index in [9.17, 15) is 5.11 Å². The number of piperazine rings is 1. The molecule has 2 aromatic rings. The second-order valence-electron chi connectivity index (χ2n) is 5.73. The lowest BCUT2D eigenvalue weighted by Gasteiger charge is -2.30. The third-order valence-electron chi connectivity index (χ3n) is 3.78. The zero-order valence-corrected chi connectivity index (χ0v) is 14.8. The summed E-state index contributed by atoms with van der Waals surface area (Å²) in [5.41, 5.74) is 0.794. The minimum absolute atomic E-state index is 0.279. The number of phosphoric acid groups is 1. The van der Waals surface area contributed by atoms with Crippen LogP contribution in [0.15, 0.2) is 41.5 Å². The van der Waals surface area contributed by atoms with Gasteiger partial charge in [0.15, 0.2) is 0 Å². The molecule has 1 aliphatic heterocycles. The minimum Gasteiger partial charge on any atom is -0.507 e. The van der Waals surface area contributed by atoms with Crippen molar-refractivity contribution < 1.29 is 24.4 Å². The number of benzene rings is 2. The summed E-state index contributed by atoms with van der Waals surface area (Å²) in [5, 5.41) is 18.8. The van der Waals surface area contributed by atoms with Gasteiger partial charge in [-0.15, -0.1) is 0 Å². The molecule has 8 nitrogen and oxygen atoms in total. The van der Waals surface area contributed by atoms with E-state index in [4.69, 9.17) is 19.2 Å². The molecule has 0 saturated carbocycles. The van der Waals surface area contributed by atoms with Crippen molar-refractivity contribution in [3.8, 4) is 5.75 Å². The van der Waals surface area contributed by atoms with Crippen LogP contribution in [0.25, 0.3) is 10.8 Å². The largest absolute Gasteiger partial charge is 0.507 e. The third kappa shape index (κ3) is 6.45. The summed E-state index contributed by atoms with van der Waals surface area (Å²) in [4.78, 5) is 23.9. The quantitative estimate of drug-likeness (QED) is 0.465. The minimum atomic E-state index is -4.64. The van der Waals surface area contributed by atoms with Gasteiger partial charge in [0.05, 0.1) is 6.21 Å². The van der Waals surface area contributed by atoms with Crippen LogP contribution >= 0.6 is 7.82 Å². The normalized spacial score (nSPS) is 16.1. The molecule has 1 aliphatic rings. The van der Waals surface area contributed by atoms with E-state index in [1.54, 1.807) is 12.3 Å². The number of fused-ring (bicyclic) bond motifs is 1. The molecule has 25 heavy (non-hydrogen) atoms. The first-order chi connectivity index (χ1) is 11.7. The van der Waals surface area contributed by atoms with Gasteiger partial charge in [0.2, 0.25) is 0 Å². The van der Waals surface area contributed by atoms with Gasteiger partial charge in [0.1, 0.15) is 5.75 Å². The molecule has 0 radical (unpaired) electrons. The molecule has 3 rings (SSSR count). The number of rotatable bonds is 2. The van der Waals surface area contributed by atoms with Gasteiger partial charge in [0, 0.05) is 31.7 Å². The van der Waals surface area contributed by atoms with Crippen molar-refractivity contribution >= 4 is 24.8 Å². The first kappa shape index (κ1) is 19.4. The van der Waals surface area contributed by atoms with Crippen molar-refractivity contribution in [3.05, 3.63) is 42.0 Å². The van der Waals surface area contributed by atoms with E-state index in [-0.39, 0.29) is 5.75 Å². The summed E-state index contributed by atoms with van der Waals surface area (Å²) in [6.45, 7) is 3.91. The van der Waals surface area contributed by atoms with E-state index in [0.29, 0.717) is 0 Å². The van der Waals surface area contributed by atoms with E-state index in [1.807, 2.05) is 30.3 Å². The van der Waals surface area contributed by atoms with Gasteiger partial charge in [-0.05, 0) is 23.9 Å². The monoisotopic (exact) mass is 367 g/mol. The van der Waals surface area contributed by atoms with Crippen LogP contribution in [-0.4, -0.2) is 69.1 Å². The zero-order valence-electron chi connectivity index (χ0n) is 13.9. The predicted molar refractivity (Wildman–Crippen MR) is 96.5 cm³/mol. The fourth-order valence-corrected chi connectivity index (χ4v) is 2.47. The van der Waals surface area contributed by atoms with Crippen LogP contribution in [-0.2, 0) is 4.57 Å². The van der Waals surface area contributed by atoms with Crippen LogP contribution in [0.5, 0.6) is 5.75 Å². The Morgan fingerprint density at radius 1 is 1.04 bits per heavy atom. The average molecular weight is 367 g/mol. The molecule has 4 N–H and O–H groups in total. The first-order valence-corrected chi connectivity index (χ1v) is 9.27. The molecule has 0 unspecified atom stereocenters. The lowest BCUT2D eigenvalue weighted by Crippen LogP contribution is -2.41. The highest BCUT2D eigenvalue weighted by atomic mass is 31.2.